The smallest absolute Gasteiger partial charge is 0.227 e. The van der Waals surface area contributed by atoms with E-state index in [1.807, 2.05) is 0 Å². The van der Waals surface area contributed by atoms with Crippen molar-refractivity contribution < 1.29 is 14.0 Å². The Morgan fingerprint density at radius 3 is 2.64 bits per heavy atom. The van der Waals surface area contributed by atoms with Crippen LogP contribution in [0.15, 0.2) is 42.5 Å². The number of para-hydroxylation sites is 1. The van der Waals surface area contributed by atoms with E-state index in [-0.39, 0.29) is 36.9 Å². The van der Waals surface area contributed by atoms with Gasteiger partial charge in [0.1, 0.15) is 5.82 Å². The number of anilines is 1. The highest BCUT2D eigenvalue weighted by Crippen LogP contribution is 2.28. The Hall–Kier alpha value is -2.49. The van der Waals surface area contributed by atoms with Crippen molar-refractivity contribution in [2.24, 2.45) is 0 Å². The molecule has 0 fully saturated rings. The quantitative estimate of drug-likeness (QED) is 0.848. The van der Waals surface area contributed by atoms with Gasteiger partial charge in [0.2, 0.25) is 5.91 Å². The van der Waals surface area contributed by atoms with E-state index in [1.165, 1.54) is 6.07 Å². The van der Waals surface area contributed by atoms with E-state index < -0.39 is 0 Å². The van der Waals surface area contributed by atoms with Crippen molar-refractivity contribution in [2.45, 2.75) is 26.3 Å². The lowest BCUT2D eigenvalue weighted by molar-refractivity contribution is -0.118. The van der Waals surface area contributed by atoms with Crippen LogP contribution in [-0.2, 0) is 11.3 Å². The summed E-state index contributed by atoms with van der Waals surface area (Å²) in [6.45, 7) is 1.96. The molecule has 112 valence electrons. The number of nitrogens with zero attached hydrogens (tertiary/aromatic N) is 1. The predicted octanol–water partition coefficient (Wildman–Crippen LogP) is 3.64. The molecule has 0 aromatic heterocycles. The van der Waals surface area contributed by atoms with Gasteiger partial charge in [-0.3, -0.25) is 9.59 Å². The molecule has 22 heavy (non-hydrogen) atoms. The Balaban J connectivity index is 2.00. The minimum Gasteiger partial charge on any atom is -0.307 e. The van der Waals surface area contributed by atoms with Crippen LogP contribution in [0.1, 0.15) is 34.3 Å². The third-order valence-electron chi connectivity index (χ3n) is 3.94. The van der Waals surface area contributed by atoms with E-state index in [1.54, 1.807) is 48.2 Å². The number of hydrogen-bond donors (Lipinski definition) is 0. The van der Waals surface area contributed by atoms with Crippen molar-refractivity contribution >= 4 is 17.4 Å². The molecule has 4 heteroatoms. The summed E-state index contributed by atoms with van der Waals surface area (Å²) in [5.74, 6) is -0.426. The van der Waals surface area contributed by atoms with Gasteiger partial charge in [-0.1, -0.05) is 24.3 Å². The molecule has 0 saturated heterocycles. The first-order valence-electron chi connectivity index (χ1n) is 7.24. The Bertz CT molecular complexity index is 755. The molecule has 2 aromatic carbocycles. The van der Waals surface area contributed by atoms with Crippen LogP contribution in [-0.4, -0.2) is 11.7 Å². The van der Waals surface area contributed by atoms with Crippen LogP contribution in [0.2, 0.25) is 0 Å². The highest BCUT2D eigenvalue weighted by Gasteiger charge is 2.26. The molecule has 2 aromatic rings. The van der Waals surface area contributed by atoms with Crippen molar-refractivity contribution in [1.82, 2.24) is 0 Å². The highest BCUT2D eigenvalue weighted by atomic mass is 19.1. The second-order valence-electron chi connectivity index (χ2n) is 5.50. The van der Waals surface area contributed by atoms with Gasteiger partial charge in [-0.25, -0.2) is 4.39 Å². The largest absolute Gasteiger partial charge is 0.307 e. The predicted molar refractivity (Wildman–Crippen MR) is 82.3 cm³/mol. The summed E-state index contributed by atoms with van der Waals surface area (Å²) >= 11 is 0. The zero-order valence-corrected chi connectivity index (χ0v) is 12.3. The van der Waals surface area contributed by atoms with Crippen LogP contribution in [0, 0.1) is 12.7 Å². The number of ketones is 1. The van der Waals surface area contributed by atoms with E-state index in [2.05, 4.69) is 0 Å². The maximum absolute atomic E-state index is 13.7. The summed E-state index contributed by atoms with van der Waals surface area (Å²) in [5, 5.41) is 0. The Labute approximate surface area is 128 Å². The van der Waals surface area contributed by atoms with E-state index in [9.17, 15) is 14.0 Å². The number of hydrogen-bond acceptors (Lipinski definition) is 2. The van der Waals surface area contributed by atoms with E-state index in [0.29, 0.717) is 22.4 Å². The first kappa shape index (κ1) is 14.4. The Morgan fingerprint density at radius 2 is 1.86 bits per heavy atom. The fourth-order valence-corrected chi connectivity index (χ4v) is 2.66. The van der Waals surface area contributed by atoms with Crippen molar-refractivity contribution in [2.75, 3.05) is 4.90 Å². The molecule has 3 rings (SSSR count). The number of amides is 1. The lowest BCUT2D eigenvalue weighted by Gasteiger charge is -2.23. The van der Waals surface area contributed by atoms with Crippen molar-refractivity contribution in [3.63, 3.8) is 0 Å². The van der Waals surface area contributed by atoms with Crippen molar-refractivity contribution in [1.29, 1.82) is 0 Å². The molecular formula is C18H16FNO2. The monoisotopic (exact) mass is 297 g/mol. The van der Waals surface area contributed by atoms with Crippen LogP contribution in [0.25, 0.3) is 0 Å². The summed E-state index contributed by atoms with van der Waals surface area (Å²) in [4.78, 5) is 26.0. The maximum atomic E-state index is 13.7. The van der Waals surface area contributed by atoms with Gasteiger partial charge in [0.05, 0.1) is 12.2 Å². The van der Waals surface area contributed by atoms with Crippen LogP contribution in [0.3, 0.4) is 0 Å². The number of carbonyl (C=O) groups is 2. The summed E-state index contributed by atoms with van der Waals surface area (Å²) in [7, 11) is 0. The second-order valence-corrected chi connectivity index (χ2v) is 5.50. The summed E-state index contributed by atoms with van der Waals surface area (Å²) < 4.78 is 13.7. The molecule has 1 heterocycles. The fourth-order valence-electron chi connectivity index (χ4n) is 2.66. The molecule has 0 aliphatic carbocycles. The molecule has 0 unspecified atom stereocenters. The van der Waals surface area contributed by atoms with Gasteiger partial charge >= 0.3 is 0 Å². The third-order valence-corrected chi connectivity index (χ3v) is 3.94. The van der Waals surface area contributed by atoms with Gasteiger partial charge < -0.3 is 4.90 Å². The standard InChI is InChI=1S/C18H16FNO2/c1-12-6-7-13(10-15(12)19)11-20-16-5-3-2-4-14(16)17(21)8-9-18(20)22/h2-7,10H,8-9,11H2,1H3. The maximum Gasteiger partial charge on any atom is 0.227 e. The molecule has 0 bridgehead atoms. The Kier molecular flexibility index (Phi) is 3.75. The summed E-state index contributed by atoms with van der Waals surface area (Å²) in [6, 6.07) is 12.0. The molecule has 0 radical (unpaired) electrons. The third kappa shape index (κ3) is 2.64. The van der Waals surface area contributed by atoms with Crippen LogP contribution >= 0.6 is 0 Å². The first-order valence-corrected chi connectivity index (χ1v) is 7.24. The number of carbonyl (C=O) groups excluding carboxylic acids is 2. The SMILES string of the molecule is Cc1ccc(CN2C(=O)CCC(=O)c3ccccc32)cc1F. The topological polar surface area (TPSA) is 37.4 Å². The fraction of sp³-hybridized carbons (Fsp3) is 0.222. The number of aryl methyl sites for hydroxylation is 1. The number of benzene rings is 2. The molecule has 1 aliphatic heterocycles. The molecule has 1 amide bonds. The van der Waals surface area contributed by atoms with Gasteiger partial charge in [-0.2, -0.15) is 0 Å². The summed E-state index contributed by atoms with van der Waals surface area (Å²) in [5.41, 5.74) is 2.44. The Morgan fingerprint density at radius 1 is 1.09 bits per heavy atom. The lowest BCUT2D eigenvalue weighted by Crippen LogP contribution is -2.29. The number of Topliss-reactive ketones (excluding diaryl/α,β-unsaturated/α-hetero) is 1. The van der Waals surface area contributed by atoms with Crippen molar-refractivity contribution in [3.8, 4) is 0 Å². The molecule has 0 saturated carbocycles. The number of rotatable bonds is 2. The van der Waals surface area contributed by atoms with Crippen LogP contribution in [0.4, 0.5) is 10.1 Å². The van der Waals surface area contributed by atoms with Gasteiger partial charge in [0.15, 0.2) is 5.78 Å². The number of fused-ring (bicyclic) bond motifs is 1. The van der Waals surface area contributed by atoms with Gasteiger partial charge in [0.25, 0.3) is 0 Å². The average Bonchev–Trinajstić information content (AvgIpc) is 2.63. The van der Waals surface area contributed by atoms with Gasteiger partial charge in [-0.15, -0.1) is 0 Å². The van der Waals surface area contributed by atoms with E-state index in [4.69, 9.17) is 0 Å². The summed E-state index contributed by atoms with van der Waals surface area (Å²) in [6.07, 6.45) is 0.399. The van der Waals surface area contributed by atoms with Crippen molar-refractivity contribution in [3.05, 3.63) is 65.0 Å². The van der Waals surface area contributed by atoms with Crippen LogP contribution in [0.5, 0.6) is 0 Å². The average molecular weight is 297 g/mol. The molecular weight excluding hydrogens is 281 g/mol. The molecule has 0 atom stereocenters. The van der Waals surface area contributed by atoms with Gasteiger partial charge in [0, 0.05) is 18.4 Å². The van der Waals surface area contributed by atoms with E-state index >= 15 is 0 Å². The van der Waals surface area contributed by atoms with E-state index in [0.717, 1.165) is 0 Å². The minimum absolute atomic E-state index is 0.0264. The molecule has 3 nitrogen and oxygen atoms in total. The lowest BCUT2D eigenvalue weighted by atomic mass is 10.1. The van der Waals surface area contributed by atoms with Crippen LogP contribution < -0.4 is 4.90 Å². The zero-order valence-electron chi connectivity index (χ0n) is 12.3. The van der Waals surface area contributed by atoms with Gasteiger partial charge in [-0.05, 0) is 36.2 Å². The number of halogens is 1. The second kappa shape index (κ2) is 5.72. The minimum atomic E-state index is -0.288. The first-order chi connectivity index (χ1) is 10.6. The molecule has 0 spiro atoms. The normalized spacial score (nSPS) is 14.7. The molecule has 1 aliphatic rings. The zero-order chi connectivity index (χ0) is 15.7. The highest BCUT2D eigenvalue weighted by molar-refractivity contribution is 6.09. The molecule has 0 N–H and O–H groups in total.